The van der Waals surface area contributed by atoms with Crippen LogP contribution in [0, 0.1) is 0 Å². The molecule has 1 aliphatic carbocycles. The third-order valence-corrected chi connectivity index (χ3v) is 5.00. The van der Waals surface area contributed by atoms with Crippen molar-refractivity contribution in [3.63, 3.8) is 0 Å². The second-order valence-electron chi connectivity index (χ2n) is 6.38. The van der Waals surface area contributed by atoms with Gasteiger partial charge in [-0.25, -0.2) is 4.79 Å². The van der Waals surface area contributed by atoms with Gasteiger partial charge in [0, 0.05) is 10.5 Å². The van der Waals surface area contributed by atoms with E-state index in [1.807, 2.05) is 54.6 Å². The molecule has 1 aromatic heterocycles. The van der Waals surface area contributed by atoms with Gasteiger partial charge in [0.2, 0.25) is 11.8 Å². The van der Waals surface area contributed by atoms with Crippen molar-refractivity contribution >= 4 is 22.0 Å². The van der Waals surface area contributed by atoms with Gasteiger partial charge < -0.3 is 9.15 Å². The molecule has 0 unspecified atom stereocenters. The SMILES string of the molecule is O=C(OCc1ccccc1)N(Cc1nnc(-c2ccccc2Br)o1)C1CC1. The van der Waals surface area contributed by atoms with Gasteiger partial charge in [0.1, 0.15) is 13.2 Å². The summed E-state index contributed by atoms with van der Waals surface area (Å²) in [6.07, 6.45) is 1.57. The van der Waals surface area contributed by atoms with E-state index < -0.39 is 0 Å². The predicted molar refractivity (Wildman–Crippen MR) is 103 cm³/mol. The number of halogens is 1. The highest BCUT2D eigenvalue weighted by atomic mass is 79.9. The first-order valence-corrected chi connectivity index (χ1v) is 9.54. The van der Waals surface area contributed by atoms with Crippen molar-refractivity contribution in [3.8, 4) is 11.5 Å². The van der Waals surface area contributed by atoms with Gasteiger partial charge >= 0.3 is 6.09 Å². The molecule has 0 aliphatic heterocycles. The van der Waals surface area contributed by atoms with E-state index >= 15 is 0 Å². The van der Waals surface area contributed by atoms with E-state index in [0.29, 0.717) is 11.8 Å². The smallest absolute Gasteiger partial charge is 0.410 e. The zero-order chi connectivity index (χ0) is 18.6. The molecular weight excluding hydrogens is 410 g/mol. The number of hydrogen-bond acceptors (Lipinski definition) is 5. The number of hydrogen-bond donors (Lipinski definition) is 0. The van der Waals surface area contributed by atoms with Crippen LogP contribution in [-0.2, 0) is 17.9 Å². The lowest BCUT2D eigenvalue weighted by atomic mass is 10.2. The lowest BCUT2D eigenvalue weighted by Gasteiger charge is -2.20. The molecule has 1 amide bonds. The summed E-state index contributed by atoms with van der Waals surface area (Å²) in [5.74, 6) is 0.815. The number of amides is 1. The minimum atomic E-state index is -0.359. The topological polar surface area (TPSA) is 68.5 Å². The van der Waals surface area contributed by atoms with E-state index in [9.17, 15) is 4.79 Å². The van der Waals surface area contributed by atoms with Crippen LogP contribution in [0.4, 0.5) is 4.79 Å². The molecule has 138 valence electrons. The van der Waals surface area contributed by atoms with Crippen LogP contribution in [0.3, 0.4) is 0 Å². The number of aromatic nitrogens is 2. The maximum Gasteiger partial charge on any atom is 0.410 e. The molecule has 0 N–H and O–H groups in total. The summed E-state index contributed by atoms with van der Waals surface area (Å²) >= 11 is 3.48. The van der Waals surface area contributed by atoms with Crippen LogP contribution in [-0.4, -0.2) is 27.2 Å². The van der Waals surface area contributed by atoms with Gasteiger partial charge in [0.15, 0.2) is 0 Å². The fraction of sp³-hybridized carbons (Fsp3) is 0.250. The Morgan fingerprint density at radius 2 is 1.85 bits per heavy atom. The molecule has 1 heterocycles. The van der Waals surface area contributed by atoms with Crippen molar-refractivity contribution in [1.29, 1.82) is 0 Å². The average Bonchev–Trinajstić information content (AvgIpc) is 3.43. The van der Waals surface area contributed by atoms with Gasteiger partial charge in [0.05, 0.1) is 5.56 Å². The van der Waals surface area contributed by atoms with Crippen molar-refractivity contribution in [2.45, 2.75) is 32.0 Å². The summed E-state index contributed by atoms with van der Waals surface area (Å²) in [6, 6.07) is 17.4. The average molecular weight is 428 g/mol. The van der Waals surface area contributed by atoms with E-state index in [4.69, 9.17) is 9.15 Å². The monoisotopic (exact) mass is 427 g/mol. The molecule has 1 fully saturated rings. The Morgan fingerprint density at radius 1 is 1.11 bits per heavy atom. The minimum absolute atomic E-state index is 0.173. The maximum absolute atomic E-state index is 12.5. The fourth-order valence-corrected chi connectivity index (χ4v) is 3.19. The molecule has 27 heavy (non-hydrogen) atoms. The highest BCUT2D eigenvalue weighted by Crippen LogP contribution is 2.30. The van der Waals surface area contributed by atoms with Crippen molar-refractivity contribution in [3.05, 3.63) is 70.5 Å². The molecule has 0 bridgehead atoms. The fourth-order valence-electron chi connectivity index (χ4n) is 2.74. The van der Waals surface area contributed by atoms with E-state index in [0.717, 1.165) is 28.4 Å². The number of rotatable bonds is 6. The molecule has 6 nitrogen and oxygen atoms in total. The van der Waals surface area contributed by atoms with Crippen molar-refractivity contribution < 1.29 is 13.9 Å². The Balaban J connectivity index is 1.43. The van der Waals surface area contributed by atoms with Gasteiger partial charge in [-0.2, -0.15) is 0 Å². The van der Waals surface area contributed by atoms with Crippen molar-refractivity contribution in [2.75, 3.05) is 0 Å². The molecule has 3 aromatic rings. The summed E-state index contributed by atoms with van der Waals surface area (Å²) in [5, 5.41) is 8.20. The standard InChI is InChI=1S/C20H18BrN3O3/c21-17-9-5-4-8-16(17)19-23-22-18(27-19)12-24(15-10-11-15)20(25)26-13-14-6-2-1-3-7-14/h1-9,15H,10-13H2. The predicted octanol–water partition coefficient (Wildman–Crippen LogP) is 4.80. The highest BCUT2D eigenvalue weighted by molar-refractivity contribution is 9.10. The summed E-state index contributed by atoms with van der Waals surface area (Å²) in [7, 11) is 0. The molecule has 0 saturated heterocycles. The minimum Gasteiger partial charge on any atom is -0.445 e. The first-order valence-electron chi connectivity index (χ1n) is 8.75. The Kier molecular flexibility index (Phi) is 5.20. The summed E-state index contributed by atoms with van der Waals surface area (Å²) in [5.41, 5.74) is 1.77. The number of nitrogens with zero attached hydrogens (tertiary/aromatic N) is 3. The van der Waals surface area contributed by atoms with E-state index in [2.05, 4.69) is 26.1 Å². The lowest BCUT2D eigenvalue weighted by Crippen LogP contribution is -2.33. The van der Waals surface area contributed by atoms with Crippen LogP contribution in [0.2, 0.25) is 0 Å². The Bertz CT molecular complexity index is 925. The van der Waals surface area contributed by atoms with Crippen LogP contribution in [0.25, 0.3) is 11.5 Å². The molecule has 0 atom stereocenters. The molecule has 1 saturated carbocycles. The highest BCUT2D eigenvalue weighted by Gasteiger charge is 2.35. The molecule has 7 heteroatoms. The first kappa shape index (κ1) is 17.7. The third-order valence-electron chi connectivity index (χ3n) is 4.30. The number of ether oxygens (including phenoxy) is 1. The molecule has 0 radical (unpaired) electrons. The quantitative estimate of drug-likeness (QED) is 0.564. The van der Waals surface area contributed by atoms with E-state index in [-0.39, 0.29) is 25.3 Å². The summed E-state index contributed by atoms with van der Waals surface area (Å²) < 4.78 is 12.1. The maximum atomic E-state index is 12.5. The third kappa shape index (κ3) is 4.36. The number of benzene rings is 2. The van der Waals surface area contributed by atoms with E-state index in [1.165, 1.54) is 0 Å². The van der Waals surface area contributed by atoms with Crippen LogP contribution >= 0.6 is 15.9 Å². The second-order valence-corrected chi connectivity index (χ2v) is 7.23. The van der Waals surface area contributed by atoms with Gasteiger partial charge in [-0.3, -0.25) is 4.90 Å². The zero-order valence-electron chi connectivity index (χ0n) is 14.5. The van der Waals surface area contributed by atoms with E-state index in [1.54, 1.807) is 4.90 Å². The van der Waals surface area contributed by atoms with Gasteiger partial charge in [-0.05, 0) is 46.5 Å². The normalized spacial score (nSPS) is 13.4. The van der Waals surface area contributed by atoms with Crippen LogP contribution < -0.4 is 0 Å². The Hall–Kier alpha value is -2.67. The van der Waals surface area contributed by atoms with Gasteiger partial charge in [-0.15, -0.1) is 10.2 Å². The van der Waals surface area contributed by atoms with Crippen molar-refractivity contribution in [2.24, 2.45) is 0 Å². The van der Waals surface area contributed by atoms with Gasteiger partial charge in [-0.1, -0.05) is 42.5 Å². The Morgan fingerprint density at radius 3 is 2.59 bits per heavy atom. The lowest BCUT2D eigenvalue weighted by molar-refractivity contribution is 0.0877. The Labute approximate surface area is 165 Å². The van der Waals surface area contributed by atoms with Crippen molar-refractivity contribution in [1.82, 2.24) is 15.1 Å². The second kappa shape index (κ2) is 7.92. The largest absolute Gasteiger partial charge is 0.445 e. The summed E-state index contributed by atoms with van der Waals surface area (Å²) in [4.78, 5) is 14.2. The molecular formula is C20H18BrN3O3. The number of carbonyl (C=O) groups is 1. The van der Waals surface area contributed by atoms with Crippen LogP contribution in [0.5, 0.6) is 0 Å². The molecule has 4 rings (SSSR count). The first-order chi connectivity index (χ1) is 13.2. The zero-order valence-corrected chi connectivity index (χ0v) is 16.1. The van der Waals surface area contributed by atoms with Crippen LogP contribution in [0.1, 0.15) is 24.3 Å². The van der Waals surface area contributed by atoms with Crippen LogP contribution in [0.15, 0.2) is 63.5 Å². The molecule has 2 aromatic carbocycles. The van der Waals surface area contributed by atoms with Gasteiger partial charge in [0.25, 0.3) is 0 Å². The number of carbonyl (C=O) groups excluding carboxylic acids is 1. The molecule has 0 spiro atoms. The molecule has 1 aliphatic rings. The summed E-state index contributed by atoms with van der Waals surface area (Å²) in [6.45, 7) is 0.491.